The molecule has 1 heterocycles. The number of aryl methyl sites for hydroxylation is 1. The lowest BCUT2D eigenvalue weighted by Gasteiger charge is -2.05. The predicted molar refractivity (Wildman–Crippen MR) is 67.6 cm³/mol. The van der Waals surface area contributed by atoms with Crippen LogP contribution in [0.5, 0.6) is 0 Å². The van der Waals surface area contributed by atoms with Crippen molar-refractivity contribution in [3.63, 3.8) is 0 Å². The maximum absolute atomic E-state index is 13.9. The van der Waals surface area contributed by atoms with Gasteiger partial charge in [0.15, 0.2) is 0 Å². The molecule has 0 atom stereocenters. The van der Waals surface area contributed by atoms with Crippen LogP contribution in [0, 0.1) is 12.7 Å². The third kappa shape index (κ3) is 2.46. The molecule has 0 aliphatic carbocycles. The molecule has 0 saturated carbocycles. The van der Waals surface area contributed by atoms with Crippen LogP contribution in [0.1, 0.15) is 23.0 Å². The lowest BCUT2D eigenvalue weighted by Crippen LogP contribution is -2.07. The van der Waals surface area contributed by atoms with Gasteiger partial charge < -0.3 is 9.26 Å². The summed E-state index contributed by atoms with van der Waals surface area (Å²) in [5, 5.41) is 3.86. The average Bonchev–Trinajstić information content (AvgIpc) is 2.71. The van der Waals surface area contributed by atoms with Gasteiger partial charge in [-0.2, -0.15) is 0 Å². The molecule has 2 rings (SSSR count). The number of hydrogen-bond acceptors (Lipinski definition) is 4. The second-order valence-electron chi connectivity index (χ2n) is 3.78. The maximum atomic E-state index is 13.9. The van der Waals surface area contributed by atoms with Crippen LogP contribution in [-0.2, 0) is 4.74 Å². The molecule has 1 aromatic carbocycles. The van der Waals surface area contributed by atoms with E-state index in [9.17, 15) is 9.18 Å². The van der Waals surface area contributed by atoms with Gasteiger partial charge in [-0.15, -0.1) is 0 Å². The van der Waals surface area contributed by atoms with E-state index in [0.717, 1.165) is 0 Å². The maximum Gasteiger partial charge on any atom is 0.344 e. The highest BCUT2D eigenvalue weighted by Gasteiger charge is 2.26. The third-order valence-electron chi connectivity index (χ3n) is 2.54. The number of halogens is 2. The fraction of sp³-hybridized carbons (Fsp3) is 0.231. The molecule has 1 aromatic heterocycles. The molecule has 0 radical (unpaired) electrons. The second-order valence-corrected chi connectivity index (χ2v) is 4.19. The lowest BCUT2D eigenvalue weighted by molar-refractivity contribution is 0.0525. The van der Waals surface area contributed by atoms with Crippen molar-refractivity contribution in [2.75, 3.05) is 6.61 Å². The number of benzene rings is 1. The van der Waals surface area contributed by atoms with Crippen LogP contribution in [0.3, 0.4) is 0 Å². The molecule has 0 aliphatic rings. The number of nitrogens with zero attached hydrogens (tertiary/aromatic N) is 1. The molecular formula is C13H11ClFNO3. The highest BCUT2D eigenvalue weighted by atomic mass is 35.5. The summed E-state index contributed by atoms with van der Waals surface area (Å²) >= 11 is 5.95. The van der Waals surface area contributed by atoms with Crippen molar-refractivity contribution in [1.82, 2.24) is 5.16 Å². The number of carbonyl (C=O) groups excluding carboxylic acids is 1. The van der Waals surface area contributed by atoms with Gasteiger partial charge >= 0.3 is 5.97 Å². The number of hydrogen-bond donors (Lipinski definition) is 0. The van der Waals surface area contributed by atoms with E-state index in [1.165, 1.54) is 18.2 Å². The molecule has 0 unspecified atom stereocenters. The van der Waals surface area contributed by atoms with Gasteiger partial charge in [0.05, 0.1) is 17.2 Å². The third-order valence-corrected chi connectivity index (χ3v) is 2.86. The van der Waals surface area contributed by atoms with E-state index >= 15 is 0 Å². The molecule has 0 bridgehead atoms. The van der Waals surface area contributed by atoms with Crippen molar-refractivity contribution in [2.24, 2.45) is 0 Å². The second kappa shape index (κ2) is 5.40. The van der Waals surface area contributed by atoms with Gasteiger partial charge in [0.2, 0.25) is 0 Å². The molecule has 2 aromatic rings. The van der Waals surface area contributed by atoms with Crippen LogP contribution in [-0.4, -0.2) is 17.7 Å². The zero-order chi connectivity index (χ0) is 14.0. The Morgan fingerprint density at radius 1 is 1.53 bits per heavy atom. The first-order valence-electron chi connectivity index (χ1n) is 5.64. The Bertz CT molecular complexity index is 604. The van der Waals surface area contributed by atoms with Crippen LogP contribution in [0.4, 0.5) is 4.39 Å². The Kier molecular flexibility index (Phi) is 3.85. The summed E-state index contributed by atoms with van der Waals surface area (Å²) < 4.78 is 23.7. The lowest BCUT2D eigenvalue weighted by atomic mass is 10.2. The molecule has 6 heteroatoms. The van der Waals surface area contributed by atoms with Crippen LogP contribution in [0.2, 0.25) is 5.02 Å². The summed E-state index contributed by atoms with van der Waals surface area (Å²) in [6.45, 7) is 3.43. The van der Waals surface area contributed by atoms with Crippen molar-refractivity contribution in [1.29, 1.82) is 0 Å². The van der Waals surface area contributed by atoms with Crippen molar-refractivity contribution >= 4 is 17.6 Å². The Balaban J connectivity index is 2.61. The van der Waals surface area contributed by atoms with E-state index in [1.54, 1.807) is 13.8 Å². The van der Waals surface area contributed by atoms with E-state index < -0.39 is 11.8 Å². The number of aromatic nitrogens is 1. The summed E-state index contributed by atoms with van der Waals surface area (Å²) in [5.74, 6) is -0.935. The summed E-state index contributed by atoms with van der Waals surface area (Å²) in [5.41, 5.74) is 0.178. The van der Waals surface area contributed by atoms with Crippen molar-refractivity contribution in [3.05, 3.63) is 40.4 Å². The van der Waals surface area contributed by atoms with Crippen LogP contribution in [0.25, 0.3) is 11.3 Å². The Morgan fingerprint density at radius 2 is 2.26 bits per heavy atom. The normalized spacial score (nSPS) is 10.5. The fourth-order valence-electron chi connectivity index (χ4n) is 1.71. The minimum Gasteiger partial charge on any atom is -0.462 e. The van der Waals surface area contributed by atoms with E-state index in [1.807, 2.05) is 0 Å². The highest BCUT2D eigenvalue weighted by molar-refractivity contribution is 6.33. The Labute approximate surface area is 114 Å². The van der Waals surface area contributed by atoms with E-state index in [-0.39, 0.29) is 34.2 Å². The quantitative estimate of drug-likeness (QED) is 0.639. The van der Waals surface area contributed by atoms with Crippen LogP contribution < -0.4 is 0 Å². The first kappa shape index (κ1) is 13.5. The number of ether oxygens (including phenoxy) is 1. The molecule has 19 heavy (non-hydrogen) atoms. The molecule has 4 nitrogen and oxygen atoms in total. The largest absolute Gasteiger partial charge is 0.462 e. The number of esters is 1. The molecule has 0 amide bonds. The Hall–Kier alpha value is -1.88. The highest BCUT2D eigenvalue weighted by Crippen LogP contribution is 2.33. The van der Waals surface area contributed by atoms with E-state index in [0.29, 0.717) is 0 Å². The number of carbonyl (C=O) groups is 1. The number of rotatable bonds is 3. The van der Waals surface area contributed by atoms with Crippen LogP contribution in [0.15, 0.2) is 22.7 Å². The van der Waals surface area contributed by atoms with Gasteiger partial charge in [0, 0.05) is 0 Å². The van der Waals surface area contributed by atoms with Gasteiger partial charge in [0.25, 0.3) is 0 Å². The minimum absolute atomic E-state index is 0.0315. The molecule has 0 aliphatic heterocycles. The van der Waals surface area contributed by atoms with Crippen molar-refractivity contribution in [2.45, 2.75) is 13.8 Å². The van der Waals surface area contributed by atoms with Gasteiger partial charge in [-0.25, -0.2) is 9.18 Å². The molecular weight excluding hydrogens is 277 g/mol. The summed E-state index contributed by atoms with van der Waals surface area (Å²) in [7, 11) is 0. The SMILES string of the molecule is CCO[13C](=O)[13c]1c(-c2c(F)cccc2Cl)no[13c]1[13CH3]. The first-order valence-corrected chi connectivity index (χ1v) is 6.01. The summed E-state index contributed by atoms with van der Waals surface area (Å²) in [4.78, 5) is 11.9. The first-order chi connectivity index (χ1) is 9.06. The molecule has 0 N–H and O–H groups in total. The minimum atomic E-state index is -0.615. The average molecular weight is 288 g/mol. The summed E-state index contributed by atoms with van der Waals surface area (Å²) in [6.07, 6.45) is 0. The van der Waals surface area contributed by atoms with Crippen molar-refractivity contribution in [3.8, 4) is 11.3 Å². The fourth-order valence-corrected chi connectivity index (χ4v) is 1.96. The van der Waals surface area contributed by atoms with E-state index in [2.05, 4.69) is 5.16 Å². The van der Waals surface area contributed by atoms with Crippen LogP contribution >= 0.6 is 11.6 Å². The summed E-state index contributed by atoms with van der Waals surface area (Å²) in [6, 6.07) is 4.22. The smallest absolute Gasteiger partial charge is 0.344 e. The van der Waals surface area contributed by atoms with Gasteiger partial charge in [-0.05, 0) is 26.0 Å². The molecule has 0 spiro atoms. The van der Waals surface area contributed by atoms with Gasteiger partial charge in [-0.3, -0.25) is 0 Å². The topological polar surface area (TPSA) is 52.3 Å². The molecule has 0 saturated heterocycles. The van der Waals surface area contributed by atoms with Crippen molar-refractivity contribution < 1.29 is 18.4 Å². The Morgan fingerprint density at radius 3 is 2.89 bits per heavy atom. The zero-order valence-electron chi connectivity index (χ0n) is 10.4. The van der Waals surface area contributed by atoms with Gasteiger partial charge in [0.1, 0.15) is 22.8 Å². The molecule has 0 fully saturated rings. The van der Waals surface area contributed by atoms with Gasteiger partial charge in [-0.1, -0.05) is 22.8 Å². The zero-order valence-corrected chi connectivity index (χ0v) is 11.1. The molecule has 100 valence electrons. The monoisotopic (exact) mass is 287 g/mol. The van der Waals surface area contributed by atoms with E-state index in [4.69, 9.17) is 20.9 Å². The standard InChI is InChI=1S/C13H11ClFNO3/c1-3-18-13(17)10-7(2)19-16-12(10)11-8(14)5-4-6-9(11)15/h4-6H,3H2,1-2H3/i2+1,7+1,10+1,13+1. The predicted octanol–water partition coefficient (Wildman–Crippen LogP) is 3.62.